The maximum atomic E-state index is 13.2. The fraction of sp³-hybridized carbons (Fsp3) is 0.115. The highest BCUT2D eigenvalue weighted by atomic mass is 35.5. The molecule has 6 nitrogen and oxygen atoms in total. The fourth-order valence-electron chi connectivity index (χ4n) is 3.95. The molecule has 0 aliphatic heterocycles. The summed E-state index contributed by atoms with van der Waals surface area (Å²) in [6, 6.07) is 17.4. The van der Waals surface area contributed by atoms with Crippen LogP contribution in [0.5, 0.6) is 0 Å². The van der Waals surface area contributed by atoms with E-state index in [2.05, 4.69) is 20.3 Å². The Morgan fingerprint density at radius 2 is 1.73 bits per heavy atom. The van der Waals surface area contributed by atoms with Crippen LogP contribution in [0.3, 0.4) is 0 Å². The summed E-state index contributed by atoms with van der Waals surface area (Å²) in [5.74, 6) is 0.612. The Balaban J connectivity index is 1.51. The highest BCUT2D eigenvalue weighted by Crippen LogP contribution is 2.28. The molecule has 0 aliphatic carbocycles. The minimum atomic E-state index is -0.0450. The van der Waals surface area contributed by atoms with Crippen molar-refractivity contribution in [1.29, 1.82) is 0 Å². The average Bonchev–Trinajstić information content (AvgIpc) is 3.27. The maximum absolute atomic E-state index is 13.2. The van der Waals surface area contributed by atoms with Crippen LogP contribution in [0.4, 0.5) is 11.6 Å². The van der Waals surface area contributed by atoms with Gasteiger partial charge in [-0.1, -0.05) is 29.8 Å². The Hall–Kier alpha value is -3.90. The molecule has 33 heavy (non-hydrogen) atoms. The number of hydrogen-bond donors (Lipinski definition) is 2. The molecule has 0 saturated carbocycles. The van der Waals surface area contributed by atoms with E-state index in [-0.39, 0.29) is 5.56 Å². The fourth-order valence-corrected chi connectivity index (χ4v) is 4.07. The monoisotopic (exact) mass is 455 g/mol. The zero-order valence-electron chi connectivity index (χ0n) is 18.5. The summed E-state index contributed by atoms with van der Waals surface area (Å²) >= 11 is 5.98. The van der Waals surface area contributed by atoms with Gasteiger partial charge in [-0.25, -0.2) is 4.98 Å². The SMILES string of the molecule is Cc1cc2c(cn1)cc(-c1cc(Nc3ncc(-c4ccc(Cl)cc4)[nH]3)ccc1C)c(=O)n2C. The Kier molecular flexibility index (Phi) is 5.23. The number of pyridine rings is 2. The van der Waals surface area contributed by atoms with Gasteiger partial charge in [0.1, 0.15) is 0 Å². The minimum Gasteiger partial charge on any atom is -0.326 e. The number of rotatable bonds is 4. The molecule has 3 heterocycles. The molecule has 0 unspecified atom stereocenters. The van der Waals surface area contributed by atoms with Gasteiger partial charge in [0, 0.05) is 40.6 Å². The third-order valence-electron chi connectivity index (χ3n) is 5.77. The Morgan fingerprint density at radius 3 is 2.52 bits per heavy atom. The lowest BCUT2D eigenvalue weighted by Crippen LogP contribution is -2.19. The molecule has 5 rings (SSSR count). The van der Waals surface area contributed by atoms with Gasteiger partial charge in [-0.3, -0.25) is 9.78 Å². The van der Waals surface area contributed by atoms with Gasteiger partial charge in [0.15, 0.2) is 0 Å². The van der Waals surface area contributed by atoms with E-state index < -0.39 is 0 Å². The molecular formula is C26H22ClN5O. The van der Waals surface area contributed by atoms with Crippen LogP contribution in [-0.4, -0.2) is 19.5 Å². The van der Waals surface area contributed by atoms with Crippen LogP contribution in [-0.2, 0) is 7.05 Å². The molecule has 0 fully saturated rings. The van der Waals surface area contributed by atoms with Gasteiger partial charge in [0.25, 0.3) is 5.56 Å². The molecule has 0 spiro atoms. The van der Waals surface area contributed by atoms with E-state index >= 15 is 0 Å². The van der Waals surface area contributed by atoms with Crippen LogP contribution in [0, 0.1) is 13.8 Å². The highest BCUT2D eigenvalue weighted by molar-refractivity contribution is 6.30. The summed E-state index contributed by atoms with van der Waals surface area (Å²) in [5.41, 5.74) is 6.93. The molecule has 0 bridgehead atoms. The van der Waals surface area contributed by atoms with Gasteiger partial charge in [0.05, 0.1) is 17.4 Å². The third-order valence-corrected chi connectivity index (χ3v) is 6.02. The topological polar surface area (TPSA) is 75.6 Å². The number of aryl methyl sites for hydroxylation is 3. The molecule has 0 radical (unpaired) electrons. The molecule has 0 atom stereocenters. The van der Waals surface area contributed by atoms with Gasteiger partial charge < -0.3 is 14.9 Å². The summed E-state index contributed by atoms with van der Waals surface area (Å²) in [5, 5.41) is 4.92. The minimum absolute atomic E-state index is 0.0450. The van der Waals surface area contributed by atoms with Crippen molar-refractivity contribution in [3.8, 4) is 22.4 Å². The van der Waals surface area contributed by atoms with Crippen molar-refractivity contribution in [2.45, 2.75) is 13.8 Å². The van der Waals surface area contributed by atoms with E-state index in [4.69, 9.17) is 11.6 Å². The first-order valence-electron chi connectivity index (χ1n) is 10.5. The second-order valence-corrected chi connectivity index (χ2v) is 8.55. The molecule has 7 heteroatoms. The Bertz CT molecular complexity index is 1550. The summed E-state index contributed by atoms with van der Waals surface area (Å²) in [4.78, 5) is 25.3. The number of imidazole rings is 1. The van der Waals surface area contributed by atoms with E-state index in [1.807, 2.05) is 74.6 Å². The van der Waals surface area contributed by atoms with Crippen molar-refractivity contribution < 1.29 is 0 Å². The van der Waals surface area contributed by atoms with Crippen LogP contribution in [0.1, 0.15) is 11.3 Å². The van der Waals surface area contributed by atoms with Crippen molar-refractivity contribution >= 4 is 34.1 Å². The van der Waals surface area contributed by atoms with Gasteiger partial charge >= 0.3 is 0 Å². The first-order chi connectivity index (χ1) is 15.9. The lowest BCUT2D eigenvalue weighted by molar-refractivity contribution is 0.905. The van der Waals surface area contributed by atoms with Crippen molar-refractivity contribution in [2.75, 3.05) is 5.32 Å². The lowest BCUT2D eigenvalue weighted by Gasteiger charge is -2.13. The van der Waals surface area contributed by atoms with Crippen LogP contribution in [0.2, 0.25) is 5.02 Å². The Morgan fingerprint density at radius 1 is 0.939 bits per heavy atom. The van der Waals surface area contributed by atoms with Crippen LogP contribution in [0.15, 0.2) is 71.8 Å². The van der Waals surface area contributed by atoms with Gasteiger partial charge in [-0.15, -0.1) is 0 Å². The number of aromatic amines is 1. The van der Waals surface area contributed by atoms with E-state index in [0.29, 0.717) is 16.5 Å². The van der Waals surface area contributed by atoms with E-state index in [1.165, 1.54) is 0 Å². The van der Waals surface area contributed by atoms with Crippen LogP contribution in [0.25, 0.3) is 33.3 Å². The zero-order valence-corrected chi connectivity index (χ0v) is 19.2. The predicted molar refractivity (Wildman–Crippen MR) is 134 cm³/mol. The number of hydrogen-bond acceptors (Lipinski definition) is 4. The predicted octanol–water partition coefficient (Wildman–Crippen LogP) is 6.00. The summed E-state index contributed by atoms with van der Waals surface area (Å²) in [7, 11) is 1.80. The van der Waals surface area contributed by atoms with Gasteiger partial charge in [0.2, 0.25) is 5.95 Å². The van der Waals surface area contributed by atoms with Gasteiger partial charge in [-0.2, -0.15) is 0 Å². The van der Waals surface area contributed by atoms with Crippen molar-refractivity contribution in [1.82, 2.24) is 19.5 Å². The normalized spacial score (nSPS) is 11.2. The van der Waals surface area contributed by atoms with Crippen molar-refractivity contribution in [2.24, 2.45) is 7.05 Å². The molecule has 5 aromatic rings. The van der Waals surface area contributed by atoms with E-state index in [0.717, 1.165) is 44.7 Å². The molecule has 3 aromatic heterocycles. The number of aromatic nitrogens is 4. The molecule has 164 valence electrons. The largest absolute Gasteiger partial charge is 0.326 e. The number of nitrogens with zero attached hydrogens (tertiary/aromatic N) is 3. The highest BCUT2D eigenvalue weighted by Gasteiger charge is 2.13. The zero-order chi connectivity index (χ0) is 23.1. The Labute approximate surface area is 195 Å². The third kappa shape index (κ3) is 4.01. The number of H-pyrrole nitrogens is 1. The molecule has 0 amide bonds. The van der Waals surface area contributed by atoms with Crippen molar-refractivity contribution in [3.05, 3.63) is 93.6 Å². The molecule has 0 aliphatic rings. The average molecular weight is 456 g/mol. The molecular weight excluding hydrogens is 434 g/mol. The van der Waals surface area contributed by atoms with Gasteiger partial charge in [-0.05, 0) is 66.9 Å². The van der Waals surface area contributed by atoms with Crippen LogP contribution >= 0.6 is 11.6 Å². The van der Waals surface area contributed by atoms with E-state index in [1.54, 1.807) is 17.8 Å². The maximum Gasteiger partial charge on any atom is 0.258 e. The quantitative estimate of drug-likeness (QED) is 0.348. The van der Waals surface area contributed by atoms with Crippen molar-refractivity contribution in [3.63, 3.8) is 0 Å². The number of nitrogens with one attached hydrogen (secondary N) is 2. The summed E-state index contributed by atoms with van der Waals surface area (Å²) in [6.45, 7) is 3.92. The second-order valence-electron chi connectivity index (χ2n) is 8.11. The number of halogens is 1. The number of benzene rings is 2. The summed E-state index contributed by atoms with van der Waals surface area (Å²) in [6.07, 6.45) is 3.58. The van der Waals surface area contributed by atoms with Crippen LogP contribution < -0.4 is 10.9 Å². The molecule has 2 N–H and O–H groups in total. The lowest BCUT2D eigenvalue weighted by atomic mass is 9.99. The number of anilines is 2. The van der Waals surface area contributed by atoms with E-state index in [9.17, 15) is 4.79 Å². The summed E-state index contributed by atoms with van der Waals surface area (Å²) < 4.78 is 1.68. The first kappa shape index (κ1) is 21.0. The molecule has 2 aromatic carbocycles. The number of fused-ring (bicyclic) bond motifs is 1. The molecule has 0 saturated heterocycles. The second kappa shape index (κ2) is 8.22. The standard InChI is InChI=1S/C26H22ClN5O/c1-15-4-9-20(30-26-29-14-23(31-26)17-5-7-19(27)8-6-17)12-21(15)22-11-18-13-28-16(2)10-24(18)32(3)25(22)33/h4-14H,1-3H3,(H2,29,30,31). The first-order valence-corrected chi connectivity index (χ1v) is 10.9. The smallest absolute Gasteiger partial charge is 0.258 e.